The van der Waals surface area contributed by atoms with Gasteiger partial charge in [0, 0.05) is 43.9 Å². The van der Waals surface area contributed by atoms with Gasteiger partial charge in [-0.15, -0.1) is 0 Å². The van der Waals surface area contributed by atoms with E-state index in [-0.39, 0.29) is 18.5 Å². The Balaban J connectivity index is 1.27. The van der Waals surface area contributed by atoms with E-state index in [1.807, 2.05) is 4.90 Å². The van der Waals surface area contributed by atoms with E-state index in [0.29, 0.717) is 29.6 Å². The molecule has 2 heterocycles. The van der Waals surface area contributed by atoms with E-state index >= 15 is 0 Å². The highest BCUT2D eigenvalue weighted by Crippen LogP contribution is 2.16. The molecule has 156 valence electrons. The lowest BCUT2D eigenvalue weighted by Crippen LogP contribution is -2.48. The molecule has 0 bridgehead atoms. The van der Waals surface area contributed by atoms with Crippen molar-refractivity contribution in [3.63, 3.8) is 0 Å². The van der Waals surface area contributed by atoms with Crippen molar-refractivity contribution in [3.05, 3.63) is 82.9 Å². The number of hydrogen-bond donors (Lipinski definition) is 0. The minimum atomic E-state index is -0.229. The second-order valence-corrected chi connectivity index (χ2v) is 7.60. The van der Waals surface area contributed by atoms with Gasteiger partial charge in [-0.1, -0.05) is 23.7 Å². The fraction of sp³-hybridized carbons (Fsp3) is 0.273. The molecule has 0 N–H and O–H groups in total. The monoisotopic (exact) mass is 428 g/mol. The van der Waals surface area contributed by atoms with Crippen molar-refractivity contribution in [1.29, 1.82) is 0 Å². The van der Waals surface area contributed by atoms with Crippen molar-refractivity contribution in [2.24, 2.45) is 0 Å². The summed E-state index contributed by atoms with van der Waals surface area (Å²) in [5.74, 6) is 0.369. The molecular weight excluding hydrogens is 407 g/mol. The number of hydrogen-bond acceptors (Lipinski definition) is 4. The summed E-state index contributed by atoms with van der Waals surface area (Å²) in [5.41, 5.74) is 1.47. The molecule has 2 aromatic carbocycles. The molecule has 1 amide bonds. The van der Waals surface area contributed by atoms with E-state index in [1.165, 1.54) is 12.1 Å². The maximum atomic E-state index is 13.0. The number of piperazine rings is 1. The summed E-state index contributed by atoms with van der Waals surface area (Å²) in [4.78, 5) is 16.8. The summed E-state index contributed by atoms with van der Waals surface area (Å²) in [6, 6.07) is 15.3. The standard InChI is InChI=1S/C22H22ClFN4O2/c23-18-3-7-20(8-4-18)30-16-28-10-9-21(25-28)22(29)27-13-11-26(12-14-27)15-17-1-5-19(24)6-2-17/h1-10H,11-16H2. The Kier molecular flexibility index (Phi) is 6.30. The Bertz CT molecular complexity index is 983. The summed E-state index contributed by atoms with van der Waals surface area (Å²) in [6.45, 7) is 3.76. The number of carbonyl (C=O) groups excluding carboxylic acids is 1. The van der Waals surface area contributed by atoms with Crippen LogP contribution in [0.4, 0.5) is 4.39 Å². The largest absolute Gasteiger partial charge is 0.471 e. The van der Waals surface area contributed by atoms with Crippen molar-refractivity contribution in [2.75, 3.05) is 26.2 Å². The maximum Gasteiger partial charge on any atom is 0.274 e. The lowest BCUT2D eigenvalue weighted by atomic mass is 10.2. The lowest BCUT2D eigenvalue weighted by Gasteiger charge is -2.34. The minimum Gasteiger partial charge on any atom is -0.471 e. The van der Waals surface area contributed by atoms with Gasteiger partial charge >= 0.3 is 0 Å². The molecule has 8 heteroatoms. The predicted octanol–water partition coefficient (Wildman–Crippen LogP) is 3.67. The van der Waals surface area contributed by atoms with Crippen LogP contribution in [0.5, 0.6) is 5.75 Å². The average Bonchev–Trinajstić information content (AvgIpc) is 3.24. The van der Waals surface area contributed by atoms with Crippen molar-refractivity contribution in [3.8, 4) is 5.75 Å². The third kappa shape index (κ3) is 5.17. The fourth-order valence-corrected chi connectivity index (χ4v) is 3.46. The number of aromatic nitrogens is 2. The van der Waals surface area contributed by atoms with Gasteiger partial charge in [0.05, 0.1) is 0 Å². The molecule has 6 nitrogen and oxygen atoms in total. The molecular formula is C22H22ClFN4O2. The zero-order valence-electron chi connectivity index (χ0n) is 16.4. The van der Waals surface area contributed by atoms with Crippen LogP contribution in [0.1, 0.15) is 16.1 Å². The Hall–Kier alpha value is -2.90. The third-order valence-corrected chi connectivity index (χ3v) is 5.27. The molecule has 1 saturated heterocycles. The van der Waals surface area contributed by atoms with Gasteiger partial charge in [0.2, 0.25) is 0 Å². The molecule has 30 heavy (non-hydrogen) atoms. The highest BCUT2D eigenvalue weighted by Gasteiger charge is 2.23. The quantitative estimate of drug-likeness (QED) is 0.601. The highest BCUT2D eigenvalue weighted by atomic mass is 35.5. The summed E-state index contributed by atoms with van der Waals surface area (Å²) in [6.07, 6.45) is 1.73. The number of rotatable bonds is 6. The van der Waals surface area contributed by atoms with E-state index in [9.17, 15) is 9.18 Å². The molecule has 0 atom stereocenters. The van der Waals surface area contributed by atoms with E-state index in [0.717, 1.165) is 25.2 Å². The molecule has 0 saturated carbocycles. The van der Waals surface area contributed by atoms with E-state index < -0.39 is 0 Å². The predicted molar refractivity (Wildman–Crippen MR) is 112 cm³/mol. The van der Waals surface area contributed by atoms with Crippen LogP contribution in [0.25, 0.3) is 0 Å². The van der Waals surface area contributed by atoms with Gasteiger partial charge in [0.15, 0.2) is 12.4 Å². The first-order valence-corrected chi connectivity index (χ1v) is 10.1. The van der Waals surface area contributed by atoms with Crippen molar-refractivity contribution < 1.29 is 13.9 Å². The number of benzene rings is 2. The van der Waals surface area contributed by atoms with E-state index in [1.54, 1.807) is 53.3 Å². The molecule has 0 unspecified atom stereocenters. The first kappa shape index (κ1) is 20.4. The summed E-state index contributed by atoms with van der Waals surface area (Å²) in [7, 11) is 0. The van der Waals surface area contributed by atoms with Gasteiger partial charge in [-0.25, -0.2) is 9.07 Å². The minimum absolute atomic E-state index is 0.0818. The van der Waals surface area contributed by atoms with E-state index in [4.69, 9.17) is 16.3 Å². The van der Waals surface area contributed by atoms with Crippen LogP contribution in [0.15, 0.2) is 60.8 Å². The molecule has 1 fully saturated rings. The summed E-state index contributed by atoms with van der Waals surface area (Å²) < 4.78 is 20.3. The number of ether oxygens (including phenoxy) is 1. The second-order valence-electron chi connectivity index (χ2n) is 7.16. The smallest absolute Gasteiger partial charge is 0.274 e. The van der Waals surface area contributed by atoms with Gasteiger partial charge in [0.25, 0.3) is 5.91 Å². The first-order valence-electron chi connectivity index (χ1n) is 9.75. The summed E-state index contributed by atoms with van der Waals surface area (Å²) in [5, 5.41) is 4.98. The Morgan fingerprint density at radius 3 is 2.40 bits per heavy atom. The maximum absolute atomic E-state index is 13.0. The molecule has 3 aromatic rings. The van der Waals surface area contributed by atoms with Gasteiger partial charge in [-0.2, -0.15) is 5.10 Å². The molecule has 1 aliphatic rings. The number of halogens is 2. The number of carbonyl (C=O) groups is 1. The van der Waals surface area contributed by atoms with E-state index in [2.05, 4.69) is 10.00 Å². The van der Waals surface area contributed by atoms with Crippen LogP contribution >= 0.6 is 11.6 Å². The topological polar surface area (TPSA) is 50.6 Å². The van der Waals surface area contributed by atoms with Crippen LogP contribution in [0.2, 0.25) is 5.02 Å². The van der Waals surface area contributed by atoms with Crippen LogP contribution in [0.3, 0.4) is 0 Å². The molecule has 1 aromatic heterocycles. The third-order valence-electron chi connectivity index (χ3n) is 5.02. The lowest BCUT2D eigenvalue weighted by molar-refractivity contribution is 0.0620. The van der Waals surface area contributed by atoms with Gasteiger partial charge in [-0.3, -0.25) is 9.69 Å². The van der Waals surface area contributed by atoms with Crippen LogP contribution in [-0.4, -0.2) is 51.7 Å². The van der Waals surface area contributed by atoms with Crippen LogP contribution in [-0.2, 0) is 13.3 Å². The Labute approximate surface area is 179 Å². The van der Waals surface area contributed by atoms with Gasteiger partial charge in [-0.05, 0) is 48.0 Å². The Morgan fingerprint density at radius 1 is 1.00 bits per heavy atom. The second kappa shape index (κ2) is 9.28. The summed E-state index contributed by atoms with van der Waals surface area (Å²) >= 11 is 5.86. The zero-order valence-corrected chi connectivity index (χ0v) is 17.1. The molecule has 4 rings (SSSR count). The molecule has 1 aliphatic heterocycles. The number of amides is 1. The molecule has 0 spiro atoms. The first-order chi connectivity index (χ1) is 14.6. The fourth-order valence-electron chi connectivity index (χ4n) is 3.34. The van der Waals surface area contributed by atoms with Crippen molar-refractivity contribution >= 4 is 17.5 Å². The SMILES string of the molecule is O=C(c1ccn(COc2ccc(Cl)cc2)n1)N1CCN(Cc2ccc(F)cc2)CC1. The van der Waals surface area contributed by atoms with Crippen LogP contribution in [0, 0.1) is 5.82 Å². The highest BCUT2D eigenvalue weighted by molar-refractivity contribution is 6.30. The van der Waals surface area contributed by atoms with Crippen molar-refractivity contribution in [2.45, 2.75) is 13.3 Å². The zero-order chi connectivity index (χ0) is 20.9. The molecule has 0 aliphatic carbocycles. The molecule has 0 radical (unpaired) electrons. The Morgan fingerprint density at radius 2 is 1.70 bits per heavy atom. The average molecular weight is 429 g/mol. The van der Waals surface area contributed by atoms with Gasteiger partial charge in [0.1, 0.15) is 11.6 Å². The van der Waals surface area contributed by atoms with Crippen LogP contribution < -0.4 is 4.74 Å². The van der Waals surface area contributed by atoms with Crippen molar-refractivity contribution in [1.82, 2.24) is 19.6 Å². The van der Waals surface area contributed by atoms with Gasteiger partial charge < -0.3 is 9.64 Å². The number of nitrogens with zero attached hydrogens (tertiary/aromatic N) is 4. The normalized spacial score (nSPS) is 14.7.